The average molecular weight is 361 g/mol. The zero-order valence-electron chi connectivity index (χ0n) is 14.2. The first-order valence-electron chi connectivity index (χ1n) is 7.87. The molecule has 1 aromatic heterocycles. The summed E-state index contributed by atoms with van der Waals surface area (Å²) in [5, 5.41) is 18.1. The third kappa shape index (κ3) is 4.72. The zero-order chi connectivity index (χ0) is 19.3. The molecule has 0 radical (unpaired) electrons. The third-order valence-corrected chi connectivity index (χ3v) is 3.46. The van der Waals surface area contributed by atoms with Crippen molar-refractivity contribution in [2.24, 2.45) is 5.92 Å². The second-order valence-electron chi connectivity index (χ2n) is 5.99. The van der Waals surface area contributed by atoms with Crippen LogP contribution in [0.2, 0.25) is 0 Å². The molecule has 136 valence electrons. The first kappa shape index (κ1) is 19.2. The minimum atomic E-state index is -3.05. The zero-order valence-corrected chi connectivity index (χ0v) is 14.2. The van der Waals surface area contributed by atoms with E-state index < -0.39 is 29.8 Å². The van der Waals surface area contributed by atoms with E-state index in [-0.39, 0.29) is 11.7 Å². The molecular weight excluding hydrogens is 344 g/mol. The van der Waals surface area contributed by atoms with Gasteiger partial charge in [0.15, 0.2) is 11.9 Å². The van der Waals surface area contributed by atoms with Gasteiger partial charge in [-0.2, -0.15) is 5.26 Å². The molecule has 0 spiro atoms. The van der Waals surface area contributed by atoms with Gasteiger partial charge < -0.3 is 9.84 Å². The Labute approximate surface area is 149 Å². The van der Waals surface area contributed by atoms with Crippen molar-refractivity contribution in [1.82, 2.24) is 9.97 Å². The predicted molar refractivity (Wildman–Crippen MR) is 88.9 cm³/mol. The molecule has 1 N–H and O–H groups in total. The molecule has 2 rings (SSSR count). The summed E-state index contributed by atoms with van der Waals surface area (Å²) >= 11 is 0. The predicted octanol–water partition coefficient (Wildman–Crippen LogP) is 4.10. The van der Waals surface area contributed by atoms with E-state index in [2.05, 4.69) is 16.0 Å². The Morgan fingerprint density at radius 3 is 2.69 bits per heavy atom. The lowest BCUT2D eigenvalue weighted by atomic mass is 10.1. The van der Waals surface area contributed by atoms with Crippen molar-refractivity contribution in [3.63, 3.8) is 0 Å². The van der Waals surface area contributed by atoms with E-state index in [1.807, 2.05) is 13.8 Å². The summed E-state index contributed by atoms with van der Waals surface area (Å²) in [6, 6.07) is 8.42. The number of rotatable bonds is 7. The minimum Gasteiger partial charge on any atom is -0.478 e. The number of ether oxygens (including phenoxy) is 1. The first-order valence-corrected chi connectivity index (χ1v) is 7.87. The number of aromatic nitrogens is 2. The van der Waals surface area contributed by atoms with Gasteiger partial charge in [-0.3, -0.25) is 0 Å². The van der Waals surface area contributed by atoms with Crippen LogP contribution in [0.4, 0.5) is 8.78 Å². The monoisotopic (exact) mass is 361 g/mol. The number of halogens is 2. The molecule has 2 aromatic rings. The third-order valence-electron chi connectivity index (χ3n) is 3.46. The van der Waals surface area contributed by atoms with E-state index >= 15 is 0 Å². The van der Waals surface area contributed by atoms with Crippen LogP contribution in [0, 0.1) is 17.2 Å². The Hall–Kier alpha value is -3.08. The van der Waals surface area contributed by atoms with Crippen molar-refractivity contribution in [3.05, 3.63) is 41.7 Å². The second-order valence-corrected chi connectivity index (χ2v) is 5.99. The SMILES string of the molecule is CC(C)CC(C#N)Oc1cccc(-c2ncc(C(=O)O)c(C(F)F)n2)c1. The molecule has 0 saturated carbocycles. The summed E-state index contributed by atoms with van der Waals surface area (Å²) in [6.07, 6.45) is -2.29. The van der Waals surface area contributed by atoms with Gasteiger partial charge in [0.2, 0.25) is 0 Å². The highest BCUT2D eigenvalue weighted by Gasteiger charge is 2.22. The number of nitrogens with zero attached hydrogens (tertiary/aromatic N) is 3. The van der Waals surface area contributed by atoms with Crippen LogP contribution in [0.5, 0.6) is 5.75 Å². The molecule has 0 amide bonds. The summed E-state index contributed by atoms with van der Waals surface area (Å²) in [5.41, 5.74) is -1.11. The molecule has 0 bridgehead atoms. The first-order chi connectivity index (χ1) is 12.3. The van der Waals surface area contributed by atoms with Crippen molar-refractivity contribution in [2.45, 2.75) is 32.8 Å². The minimum absolute atomic E-state index is 0.0480. The van der Waals surface area contributed by atoms with Gasteiger partial charge in [-0.25, -0.2) is 23.5 Å². The molecule has 6 nitrogen and oxygen atoms in total. The van der Waals surface area contributed by atoms with Crippen LogP contribution in [0.3, 0.4) is 0 Å². The standard InChI is InChI=1S/C18H17F2N3O3/c1-10(2)6-13(8-21)26-12-5-3-4-11(7-12)17-22-9-14(18(24)25)15(23-17)16(19)20/h3-5,7,9-10,13,16H,6H2,1-2H3,(H,24,25). The van der Waals surface area contributed by atoms with Crippen LogP contribution in [-0.4, -0.2) is 27.1 Å². The maximum absolute atomic E-state index is 13.1. The normalized spacial score (nSPS) is 12.0. The van der Waals surface area contributed by atoms with Gasteiger partial charge in [-0.15, -0.1) is 0 Å². The number of alkyl halides is 2. The maximum Gasteiger partial charge on any atom is 0.339 e. The molecule has 0 aliphatic heterocycles. The number of hydrogen-bond donors (Lipinski definition) is 1. The fourth-order valence-corrected chi connectivity index (χ4v) is 2.29. The van der Waals surface area contributed by atoms with Gasteiger partial charge in [0.1, 0.15) is 23.1 Å². The molecule has 1 unspecified atom stereocenters. The molecule has 0 fully saturated rings. The molecule has 8 heteroatoms. The summed E-state index contributed by atoms with van der Waals surface area (Å²) < 4.78 is 31.8. The molecule has 0 aliphatic carbocycles. The van der Waals surface area contributed by atoms with Crippen LogP contribution in [0.25, 0.3) is 11.4 Å². The van der Waals surface area contributed by atoms with E-state index in [1.165, 1.54) is 6.07 Å². The van der Waals surface area contributed by atoms with Crippen molar-refractivity contribution in [3.8, 4) is 23.2 Å². The Morgan fingerprint density at radius 2 is 2.12 bits per heavy atom. The molecule has 0 saturated heterocycles. The number of benzene rings is 1. The number of carboxylic acids is 1. The fourth-order valence-electron chi connectivity index (χ4n) is 2.29. The molecule has 0 aliphatic rings. The Kier molecular flexibility index (Phi) is 6.17. The maximum atomic E-state index is 13.1. The fraction of sp³-hybridized carbons (Fsp3) is 0.333. The number of carboxylic acid groups (broad SMARTS) is 1. The number of nitriles is 1. The summed E-state index contributed by atoms with van der Waals surface area (Å²) in [4.78, 5) is 18.6. The highest BCUT2D eigenvalue weighted by molar-refractivity contribution is 5.88. The van der Waals surface area contributed by atoms with E-state index in [1.54, 1.807) is 18.2 Å². The molecular formula is C18H17F2N3O3. The Balaban J connectivity index is 2.34. The van der Waals surface area contributed by atoms with E-state index in [0.29, 0.717) is 17.7 Å². The lowest BCUT2D eigenvalue weighted by molar-refractivity contribution is 0.0681. The number of hydrogen-bond acceptors (Lipinski definition) is 5. The molecule has 1 heterocycles. The van der Waals surface area contributed by atoms with Gasteiger partial charge in [-0.05, 0) is 18.1 Å². The lowest BCUT2D eigenvalue weighted by Gasteiger charge is -2.15. The van der Waals surface area contributed by atoms with Gasteiger partial charge in [-0.1, -0.05) is 26.0 Å². The Morgan fingerprint density at radius 1 is 1.38 bits per heavy atom. The van der Waals surface area contributed by atoms with Crippen molar-refractivity contribution >= 4 is 5.97 Å². The number of aromatic carboxylic acids is 1. The smallest absolute Gasteiger partial charge is 0.339 e. The van der Waals surface area contributed by atoms with E-state index in [4.69, 9.17) is 15.1 Å². The van der Waals surface area contributed by atoms with E-state index in [0.717, 1.165) is 6.20 Å². The van der Waals surface area contributed by atoms with Crippen LogP contribution in [0.1, 0.15) is 42.7 Å². The number of carbonyl (C=O) groups is 1. The largest absolute Gasteiger partial charge is 0.478 e. The van der Waals surface area contributed by atoms with Gasteiger partial charge in [0, 0.05) is 18.2 Å². The van der Waals surface area contributed by atoms with E-state index in [9.17, 15) is 13.6 Å². The van der Waals surface area contributed by atoms with Gasteiger partial charge in [0.25, 0.3) is 6.43 Å². The quantitative estimate of drug-likeness (QED) is 0.798. The highest BCUT2D eigenvalue weighted by atomic mass is 19.3. The average Bonchev–Trinajstić information content (AvgIpc) is 2.60. The molecule has 1 atom stereocenters. The summed E-state index contributed by atoms with van der Waals surface area (Å²) in [6.45, 7) is 3.93. The summed E-state index contributed by atoms with van der Waals surface area (Å²) in [5.74, 6) is -0.926. The molecule has 26 heavy (non-hydrogen) atoms. The van der Waals surface area contributed by atoms with Crippen molar-refractivity contribution < 1.29 is 23.4 Å². The van der Waals surface area contributed by atoms with Crippen LogP contribution >= 0.6 is 0 Å². The highest BCUT2D eigenvalue weighted by Crippen LogP contribution is 2.26. The summed E-state index contributed by atoms with van der Waals surface area (Å²) in [7, 11) is 0. The lowest BCUT2D eigenvalue weighted by Crippen LogP contribution is -2.16. The topological polar surface area (TPSA) is 96.1 Å². The van der Waals surface area contributed by atoms with Gasteiger partial charge >= 0.3 is 5.97 Å². The van der Waals surface area contributed by atoms with Crippen molar-refractivity contribution in [1.29, 1.82) is 5.26 Å². The Bertz CT molecular complexity index is 835. The van der Waals surface area contributed by atoms with Crippen LogP contribution in [0.15, 0.2) is 30.5 Å². The molecule has 1 aromatic carbocycles. The van der Waals surface area contributed by atoms with Crippen molar-refractivity contribution in [2.75, 3.05) is 0 Å². The van der Waals surface area contributed by atoms with Gasteiger partial charge in [0.05, 0.1) is 0 Å². The van der Waals surface area contributed by atoms with Crippen LogP contribution < -0.4 is 4.74 Å². The second kappa shape index (κ2) is 8.34. The van der Waals surface area contributed by atoms with Crippen LogP contribution in [-0.2, 0) is 0 Å².